The lowest BCUT2D eigenvalue weighted by Crippen LogP contribution is -2.51. The molecule has 1 atom stereocenters. The molecule has 0 spiro atoms. The highest BCUT2D eigenvalue weighted by Crippen LogP contribution is 2.32. The van der Waals surface area contributed by atoms with Crippen LogP contribution in [0.3, 0.4) is 0 Å². The number of halogens is 2. The Bertz CT molecular complexity index is 1430. The SMILES string of the molecule is CCNC(=O)C(C)N(Cc1ccccc1Cl)C(=O)CN(c1ccc(OC)c(Cl)c1)S(=O)(=O)c1ccc(C)cc1. The Kier molecular flexibility index (Phi) is 10.2. The van der Waals surface area contributed by atoms with Crippen LogP contribution in [0, 0.1) is 6.92 Å². The van der Waals surface area contributed by atoms with Crippen molar-refractivity contribution in [2.24, 2.45) is 0 Å². The first-order chi connectivity index (χ1) is 18.5. The number of amides is 2. The molecular weight excluding hydrogens is 561 g/mol. The molecule has 208 valence electrons. The Hall–Kier alpha value is -3.27. The van der Waals surface area contributed by atoms with E-state index in [9.17, 15) is 18.0 Å². The molecule has 1 N–H and O–H groups in total. The molecule has 0 heterocycles. The molecule has 0 aliphatic rings. The zero-order valence-corrected chi connectivity index (χ0v) is 24.5. The molecule has 2 amide bonds. The van der Waals surface area contributed by atoms with Gasteiger partial charge in [0, 0.05) is 18.1 Å². The topological polar surface area (TPSA) is 96.0 Å². The third-order valence-electron chi connectivity index (χ3n) is 6.13. The number of rotatable bonds is 11. The fourth-order valence-corrected chi connectivity index (χ4v) is 5.74. The van der Waals surface area contributed by atoms with E-state index in [0.29, 0.717) is 22.9 Å². The minimum Gasteiger partial charge on any atom is -0.495 e. The number of sulfonamides is 1. The maximum absolute atomic E-state index is 13.9. The van der Waals surface area contributed by atoms with Gasteiger partial charge in [-0.15, -0.1) is 0 Å². The monoisotopic (exact) mass is 591 g/mol. The first kappa shape index (κ1) is 30.3. The van der Waals surface area contributed by atoms with Crippen molar-refractivity contribution in [3.63, 3.8) is 0 Å². The van der Waals surface area contributed by atoms with Crippen LogP contribution >= 0.6 is 23.2 Å². The summed E-state index contributed by atoms with van der Waals surface area (Å²) >= 11 is 12.7. The zero-order chi connectivity index (χ0) is 28.7. The van der Waals surface area contributed by atoms with Gasteiger partial charge in [-0.25, -0.2) is 8.42 Å². The van der Waals surface area contributed by atoms with E-state index < -0.39 is 28.5 Å². The van der Waals surface area contributed by atoms with E-state index in [4.69, 9.17) is 27.9 Å². The van der Waals surface area contributed by atoms with Gasteiger partial charge in [-0.2, -0.15) is 0 Å². The molecule has 3 aromatic rings. The van der Waals surface area contributed by atoms with Gasteiger partial charge in [-0.1, -0.05) is 59.1 Å². The summed E-state index contributed by atoms with van der Waals surface area (Å²) in [5.41, 5.74) is 1.66. The number of aryl methyl sites for hydroxylation is 1. The quantitative estimate of drug-likeness (QED) is 0.336. The van der Waals surface area contributed by atoms with Crippen LogP contribution in [0.5, 0.6) is 5.75 Å². The van der Waals surface area contributed by atoms with Crippen LogP contribution in [-0.4, -0.2) is 51.4 Å². The molecule has 0 saturated heterocycles. The molecular formula is C28H31Cl2N3O5S. The predicted octanol–water partition coefficient (Wildman–Crippen LogP) is 5.06. The van der Waals surface area contributed by atoms with Crippen molar-refractivity contribution in [1.82, 2.24) is 10.2 Å². The van der Waals surface area contributed by atoms with E-state index in [2.05, 4.69) is 5.32 Å². The highest BCUT2D eigenvalue weighted by molar-refractivity contribution is 7.92. The smallest absolute Gasteiger partial charge is 0.264 e. The number of benzene rings is 3. The number of ether oxygens (including phenoxy) is 1. The maximum atomic E-state index is 13.9. The van der Waals surface area contributed by atoms with Crippen molar-refractivity contribution in [2.45, 2.75) is 38.3 Å². The molecule has 3 aromatic carbocycles. The van der Waals surface area contributed by atoms with Crippen molar-refractivity contribution in [1.29, 1.82) is 0 Å². The van der Waals surface area contributed by atoms with Gasteiger partial charge in [-0.3, -0.25) is 13.9 Å². The van der Waals surface area contributed by atoms with Gasteiger partial charge in [0.25, 0.3) is 10.0 Å². The Morgan fingerprint density at radius 2 is 1.67 bits per heavy atom. The fourth-order valence-electron chi connectivity index (χ4n) is 3.89. The van der Waals surface area contributed by atoms with Crippen LogP contribution in [0.1, 0.15) is 25.0 Å². The molecule has 3 rings (SSSR count). The molecule has 0 aromatic heterocycles. The molecule has 39 heavy (non-hydrogen) atoms. The summed E-state index contributed by atoms with van der Waals surface area (Å²) < 4.78 is 33.9. The number of nitrogens with one attached hydrogen (secondary N) is 1. The summed E-state index contributed by atoms with van der Waals surface area (Å²) in [7, 11) is -2.77. The molecule has 0 aliphatic heterocycles. The average Bonchev–Trinajstić information content (AvgIpc) is 2.91. The second kappa shape index (κ2) is 13.2. The highest BCUT2D eigenvalue weighted by Gasteiger charge is 2.33. The number of anilines is 1. The minimum atomic E-state index is -4.21. The first-order valence-electron chi connectivity index (χ1n) is 12.2. The van der Waals surface area contributed by atoms with Crippen molar-refractivity contribution >= 4 is 50.7 Å². The average molecular weight is 593 g/mol. The fraction of sp³-hybridized carbons (Fsp3) is 0.286. The third-order valence-corrected chi connectivity index (χ3v) is 8.58. The van der Waals surface area contributed by atoms with Gasteiger partial charge in [0.15, 0.2) is 0 Å². The first-order valence-corrected chi connectivity index (χ1v) is 14.4. The van der Waals surface area contributed by atoms with Gasteiger partial charge < -0.3 is 15.0 Å². The lowest BCUT2D eigenvalue weighted by Gasteiger charge is -2.32. The van der Waals surface area contributed by atoms with Crippen LogP contribution in [0.2, 0.25) is 10.0 Å². The molecule has 11 heteroatoms. The van der Waals surface area contributed by atoms with E-state index in [-0.39, 0.29) is 28.1 Å². The van der Waals surface area contributed by atoms with E-state index in [1.807, 2.05) is 6.92 Å². The Morgan fingerprint density at radius 1 is 1.00 bits per heavy atom. The van der Waals surface area contributed by atoms with Crippen LogP contribution in [0.4, 0.5) is 5.69 Å². The predicted molar refractivity (Wildman–Crippen MR) is 154 cm³/mol. The van der Waals surface area contributed by atoms with Gasteiger partial charge in [0.1, 0.15) is 18.3 Å². The maximum Gasteiger partial charge on any atom is 0.264 e. The molecule has 0 bridgehead atoms. The van der Waals surface area contributed by atoms with Gasteiger partial charge >= 0.3 is 0 Å². The number of methoxy groups -OCH3 is 1. The molecule has 1 unspecified atom stereocenters. The normalized spacial score (nSPS) is 11.9. The Labute approximate surface area is 239 Å². The van der Waals surface area contributed by atoms with Crippen molar-refractivity contribution in [3.8, 4) is 5.75 Å². The number of carbonyl (C=O) groups is 2. The second-order valence-corrected chi connectivity index (χ2v) is 11.5. The summed E-state index contributed by atoms with van der Waals surface area (Å²) in [6, 6.07) is 16.8. The minimum absolute atomic E-state index is 0.00139. The molecule has 0 radical (unpaired) electrons. The van der Waals surface area contributed by atoms with Gasteiger partial charge in [0.2, 0.25) is 11.8 Å². The summed E-state index contributed by atoms with van der Waals surface area (Å²) in [5.74, 6) is -0.626. The number of hydrogen-bond donors (Lipinski definition) is 1. The molecule has 8 nitrogen and oxygen atoms in total. The van der Waals surface area contributed by atoms with E-state index >= 15 is 0 Å². The summed E-state index contributed by atoms with van der Waals surface area (Å²) in [4.78, 5) is 28.0. The number of hydrogen-bond acceptors (Lipinski definition) is 5. The van der Waals surface area contributed by atoms with Crippen molar-refractivity contribution in [2.75, 3.05) is 24.5 Å². The molecule has 0 aliphatic carbocycles. The van der Waals surface area contributed by atoms with E-state index in [1.165, 1.54) is 42.3 Å². The second-order valence-electron chi connectivity index (χ2n) is 8.83. The van der Waals surface area contributed by atoms with E-state index in [0.717, 1.165) is 9.87 Å². The Morgan fingerprint density at radius 3 is 2.26 bits per heavy atom. The van der Waals surface area contributed by atoms with Gasteiger partial charge in [-0.05, 0) is 62.7 Å². The van der Waals surface area contributed by atoms with Crippen LogP contribution in [-0.2, 0) is 26.2 Å². The van der Waals surface area contributed by atoms with Crippen LogP contribution in [0.25, 0.3) is 0 Å². The van der Waals surface area contributed by atoms with Crippen LogP contribution < -0.4 is 14.4 Å². The Balaban J connectivity index is 2.08. The summed E-state index contributed by atoms with van der Waals surface area (Å²) in [6.07, 6.45) is 0. The zero-order valence-electron chi connectivity index (χ0n) is 22.1. The largest absolute Gasteiger partial charge is 0.495 e. The lowest BCUT2D eigenvalue weighted by atomic mass is 10.1. The summed E-state index contributed by atoms with van der Waals surface area (Å²) in [5, 5.41) is 3.32. The van der Waals surface area contributed by atoms with Crippen molar-refractivity contribution < 1.29 is 22.7 Å². The summed E-state index contributed by atoms with van der Waals surface area (Å²) in [6.45, 7) is 4.98. The number of nitrogens with zero attached hydrogens (tertiary/aromatic N) is 2. The highest BCUT2D eigenvalue weighted by atomic mass is 35.5. The number of likely N-dealkylation sites (N-methyl/N-ethyl adjacent to an activating group) is 1. The number of carbonyl (C=O) groups excluding carboxylic acids is 2. The van der Waals surface area contributed by atoms with Crippen molar-refractivity contribution in [3.05, 3.63) is 87.9 Å². The molecule has 0 saturated carbocycles. The van der Waals surface area contributed by atoms with Gasteiger partial charge in [0.05, 0.1) is 22.7 Å². The lowest BCUT2D eigenvalue weighted by molar-refractivity contribution is -0.139. The third kappa shape index (κ3) is 7.23. The molecule has 0 fully saturated rings. The standard InChI is InChI=1S/C28H31Cl2N3O5S/c1-5-31-28(35)20(3)32(17-21-8-6-7-9-24(21)29)27(34)18-33(22-12-15-26(38-4)25(30)16-22)39(36,37)23-13-10-19(2)11-14-23/h6-16,20H,5,17-18H2,1-4H3,(H,31,35). The van der Waals surface area contributed by atoms with E-state index in [1.54, 1.807) is 50.2 Å². The van der Waals surface area contributed by atoms with Crippen LogP contribution in [0.15, 0.2) is 71.6 Å².